The second kappa shape index (κ2) is 5.12. The Hall–Kier alpha value is -0.980. The van der Waals surface area contributed by atoms with Crippen LogP contribution in [0.4, 0.5) is 5.69 Å². The molecule has 0 bridgehead atoms. The molecule has 1 aromatic carbocycles. The van der Waals surface area contributed by atoms with Gasteiger partial charge in [-0.1, -0.05) is 26.3 Å². The van der Waals surface area contributed by atoms with E-state index in [4.69, 9.17) is 0 Å². The summed E-state index contributed by atoms with van der Waals surface area (Å²) in [5.41, 5.74) is 4.00. The first-order chi connectivity index (χ1) is 8.06. The zero-order valence-corrected chi connectivity index (χ0v) is 11.6. The van der Waals surface area contributed by atoms with Crippen molar-refractivity contribution in [3.8, 4) is 0 Å². The highest BCUT2D eigenvalue weighted by Crippen LogP contribution is 2.31. The van der Waals surface area contributed by atoms with Gasteiger partial charge < -0.3 is 5.32 Å². The van der Waals surface area contributed by atoms with Gasteiger partial charge in [-0.25, -0.2) is 0 Å². The Bertz CT molecular complexity index is 353. The lowest BCUT2D eigenvalue weighted by atomic mass is 9.78. The Morgan fingerprint density at radius 1 is 0.941 bits per heavy atom. The Morgan fingerprint density at radius 3 is 2.00 bits per heavy atom. The maximum absolute atomic E-state index is 3.76. The van der Waals surface area contributed by atoms with Crippen molar-refractivity contribution >= 4 is 5.69 Å². The first-order valence-corrected chi connectivity index (χ1v) is 6.91. The Kier molecular flexibility index (Phi) is 3.76. The molecule has 94 valence electrons. The van der Waals surface area contributed by atoms with Gasteiger partial charge in [0.2, 0.25) is 0 Å². The fourth-order valence-electron chi connectivity index (χ4n) is 3.22. The average molecular weight is 231 g/mol. The standard InChI is InChI=1S/C16H25N/c1-11-8-12(2)10-15(9-11)17-16-13(3)6-5-7-14(16)4/h8-10,13-14,16-17H,5-7H2,1-4H3. The third-order valence-corrected chi connectivity index (χ3v) is 4.10. The van der Waals surface area contributed by atoms with Crippen LogP contribution in [0.5, 0.6) is 0 Å². The topological polar surface area (TPSA) is 12.0 Å². The van der Waals surface area contributed by atoms with Crippen molar-refractivity contribution in [2.45, 2.75) is 53.0 Å². The Balaban J connectivity index is 2.13. The zero-order chi connectivity index (χ0) is 12.4. The Labute approximate surface area is 106 Å². The smallest absolute Gasteiger partial charge is 0.0347 e. The third-order valence-electron chi connectivity index (χ3n) is 4.10. The molecule has 0 spiro atoms. The number of hydrogen-bond acceptors (Lipinski definition) is 1. The number of hydrogen-bond donors (Lipinski definition) is 1. The highest BCUT2D eigenvalue weighted by Gasteiger charge is 2.27. The lowest BCUT2D eigenvalue weighted by molar-refractivity contribution is 0.268. The molecule has 0 amide bonds. The van der Waals surface area contributed by atoms with Crippen LogP contribution < -0.4 is 5.32 Å². The maximum atomic E-state index is 3.76. The monoisotopic (exact) mass is 231 g/mol. The molecule has 1 aromatic rings. The molecule has 0 heterocycles. The summed E-state index contributed by atoms with van der Waals surface area (Å²) in [4.78, 5) is 0. The summed E-state index contributed by atoms with van der Waals surface area (Å²) in [6, 6.07) is 7.41. The molecule has 0 saturated heterocycles. The molecule has 0 radical (unpaired) electrons. The van der Waals surface area contributed by atoms with Crippen LogP contribution in [0.1, 0.15) is 44.2 Å². The van der Waals surface area contributed by atoms with E-state index in [1.54, 1.807) is 0 Å². The lowest BCUT2D eigenvalue weighted by Crippen LogP contribution is -2.37. The summed E-state index contributed by atoms with van der Waals surface area (Å²) in [6.45, 7) is 9.11. The lowest BCUT2D eigenvalue weighted by Gasteiger charge is -2.36. The van der Waals surface area contributed by atoms with Crippen LogP contribution in [-0.2, 0) is 0 Å². The van der Waals surface area contributed by atoms with E-state index in [0.717, 1.165) is 11.8 Å². The van der Waals surface area contributed by atoms with Crippen LogP contribution in [-0.4, -0.2) is 6.04 Å². The van der Waals surface area contributed by atoms with Gasteiger partial charge in [0.25, 0.3) is 0 Å². The van der Waals surface area contributed by atoms with Crippen molar-refractivity contribution in [3.05, 3.63) is 29.3 Å². The van der Waals surface area contributed by atoms with E-state index in [1.165, 1.54) is 36.1 Å². The van der Waals surface area contributed by atoms with E-state index in [2.05, 4.69) is 51.2 Å². The molecule has 2 atom stereocenters. The predicted molar refractivity (Wildman–Crippen MR) is 75.5 cm³/mol. The molecule has 0 aliphatic heterocycles. The first-order valence-electron chi connectivity index (χ1n) is 6.91. The van der Waals surface area contributed by atoms with E-state index in [1.807, 2.05) is 0 Å². The van der Waals surface area contributed by atoms with Crippen molar-refractivity contribution in [1.29, 1.82) is 0 Å². The van der Waals surface area contributed by atoms with Crippen LogP contribution in [0.3, 0.4) is 0 Å². The van der Waals surface area contributed by atoms with Crippen LogP contribution in [0.15, 0.2) is 18.2 Å². The van der Waals surface area contributed by atoms with Gasteiger partial charge in [-0.3, -0.25) is 0 Å². The van der Waals surface area contributed by atoms with Gasteiger partial charge in [0, 0.05) is 11.7 Å². The molecule has 1 heteroatoms. The fraction of sp³-hybridized carbons (Fsp3) is 0.625. The summed E-state index contributed by atoms with van der Waals surface area (Å²) in [5.74, 6) is 1.58. The number of aryl methyl sites for hydroxylation is 2. The molecular formula is C16H25N. The van der Waals surface area contributed by atoms with Crippen LogP contribution >= 0.6 is 0 Å². The second-order valence-electron chi connectivity index (χ2n) is 5.93. The van der Waals surface area contributed by atoms with Crippen molar-refractivity contribution in [3.63, 3.8) is 0 Å². The minimum atomic E-state index is 0.643. The molecule has 1 N–H and O–H groups in total. The molecule has 1 fully saturated rings. The number of benzene rings is 1. The van der Waals surface area contributed by atoms with E-state index in [-0.39, 0.29) is 0 Å². The molecule has 1 aliphatic rings. The molecular weight excluding hydrogens is 206 g/mol. The minimum Gasteiger partial charge on any atom is -0.382 e. The minimum absolute atomic E-state index is 0.643. The van der Waals surface area contributed by atoms with Gasteiger partial charge >= 0.3 is 0 Å². The van der Waals surface area contributed by atoms with Gasteiger partial charge in [0.15, 0.2) is 0 Å². The number of nitrogens with one attached hydrogen (secondary N) is 1. The average Bonchev–Trinajstić information content (AvgIpc) is 2.22. The van der Waals surface area contributed by atoms with Gasteiger partial charge in [-0.05, 0) is 61.8 Å². The highest BCUT2D eigenvalue weighted by molar-refractivity contribution is 5.49. The molecule has 2 unspecified atom stereocenters. The summed E-state index contributed by atoms with van der Waals surface area (Å²) >= 11 is 0. The van der Waals surface area contributed by atoms with Crippen LogP contribution in [0.25, 0.3) is 0 Å². The van der Waals surface area contributed by atoms with Crippen molar-refractivity contribution in [1.82, 2.24) is 0 Å². The van der Waals surface area contributed by atoms with Gasteiger partial charge in [-0.15, -0.1) is 0 Å². The van der Waals surface area contributed by atoms with Gasteiger partial charge in [0.1, 0.15) is 0 Å². The van der Waals surface area contributed by atoms with E-state index >= 15 is 0 Å². The molecule has 1 saturated carbocycles. The molecule has 17 heavy (non-hydrogen) atoms. The van der Waals surface area contributed by atoms with Crippen LogP contribution in [0.2, 0.25) is 0 Å². The third kappa shape index (κ3) is 3.02. The Morgan fingerprint density at radius 2 is 1.47 bits per heavy atom. The normalized spacial score (nSPS) is 29.1. The van der Waals surface area contributed by atoms with E-state index in [9.17, 15) is 0 Å². The maximum Gasteiger partial charge on any atom is 0.0347 e. The summed E-state index contributed by atoms with van der Waals surface area (Å²) in [7, 11) is 0. The SMILES string of the molecule is Cc1cc(C)cc(NC2C(C)CCCC2C)c1. The molecule has 1 aliphatic carbocycles. The van der Waals surface area contributed by atoms with Gasteiger partial charge in [0.05, 0.1) is 0 Å². The van der Waals surface area contributed by atoms with E-state index in [0.29, 0.717) is 6.04 Å². The fourth-order valence-corrected chi connectivity index (χ4v) is 3.22. The summed E-state index contributed by atoms with van der Waals surface area (Å²) in [5, 5.41) is 3.76. The molecule has 0 aromatic heterocycles. The quantitative estimate of drug-likeness (QED) is 0.788. The van der Waals surface area contributed by atoms with E-state index < -0.39 is 0 Å². The largest absolute Gasteiger partial charge is 0.382 e. The van der Waals surface area contributed by atoms with Crippen LogP contribution in [0, 0.1) is 25.7 Å². The molecule has 2 rings (SSSR count). The zero-order valence-electron chi connectivity index (χ0n) is 11.6. The van der Waals surface area contributed by atoms with Crippen molar-refractivity contribution < 1.29 is 0 Å². The summed E-state index contributed by atoms with van der Waals surface area (Å²) < 4.78 is 0. The van der Waals surface area contributed by atoms with Gasteiger partial charge in [-0.2, -0.15) is 0 Å². The van der Waals surface area contributed by atoms with Crippen molar-refractivity contribution in [2.75, 3.05) is 5.32 Å². The molecule has 1 nitrogen and oxygen atoms in total. The summed E-state index contributed by atoms with van der Waals surface area (Å²) in [6.07, 6.45) is 4.13. The second-order valence-corrected chi connectivity index (χ2v) is 5.93. The first kappa shape index (κ1) is 12.5. The number of anilines is 1. The highest BCUT2D eigenvalue weighted by atomic mass is 14.9. The number of rotatable bonds is 2. The predicted octanol–water partition coefficient (Wildman–Crippen LogP) is 4.54. The van der Waals surface area contributed by atoms with Crippen molar-refractivity contribution in [2.24, 2.45) is 11.8 Å².